The van der Waals surface area contributed by atoms with E-state index in [0.29, 0.717) is 17.7 Å². The highest BCUT2D eigenvalue weighted by molar-refractivity contribution is 5.96. The van der Waals surface area contributed by atoms with Crippen LogP contribution in [0.5, 0.6) is 11.5 Å². The number of hydrogen-bond acceptors (Lipinski definition) is 3. The lowest BCUT2D eigenvalue weighted by Gasteiger charge is -2.31. The molecule has 0 heterocycles. The number of allylic oxidation sites excluding steroid dienone is 1. The van der Waals surface area contributed by atoms with E-state index in [9.17, 15) is 4.79 Å². The standard InChI is InChI=1S/C36H38O3/c1-35(2,3)30-21-25(38-7)22-31(36(4,5)6)33(30)39-34(37)29-20-19-24-14-9-11-17-27(24)32(29)28-18-12-15-23-13-8-10-16-26(23)28/h8-18,20-22,32H,19H2,1-7H3/t32-/m1/s1. The van der Waals surface area contributed by atoms with Gasteiger partial charge in [0.05, 0.1) is 7.11 Å². The molecule has 39 heavy (non-hydrogen) atoms. The van der Waals surface area contributed by atoms with E-state index in [-0.39, 0.29) is 22.7 Å². The summed E-state index contributed by atoms with van der Waals surface area (Å²) in [5, 5.41) is 2.31. The first kappa shape index (κ1) is 26.7. The summed E-state index contributed by atoms with van der Waals surface area (Å²) < 4.78 is 12.1. The SMILES string of the molecule is COc1cc(C(C)(C)C)c(OC(=O)C2=CCc3ccccc3[C@@H]2c2cccc3ccccc23)c(C(C)(C)C)c1. The van der Waals surface area contributed by atoms with Crippen LogP contribution in [0.15, 0.2) is 90.5 Å². The molecule has 0 saturated heterocycles. The van der Waals surface area contributed by atoms with E-state index in [1.54, 1.807) is 7.11 Å². The summed E-state index contributed by atoms with van der Waals surface area (Å²) in [7, 11) is 1.68. The van der Waals surface area contributed by atoms with Crippen molar-refractivity contribution in [2.75, 3.05) is 7.11 Å². The predicted molar refractivity (Wildman–Crippen MR) is 160 cm³/mol. The number of hydrogen-bond donors (Lipinski definition) is 0. The van der Waals surface area contributed by atoms with E-state index in [4.69, 9.17) is 9.47 Å². The molecule has 0 spiro atoms. The average Bonchev–Trinajstić information content (AvgIpc) is 2.91. The lowest BCUT2D eigenvalue weighted by molar-refractivity contribution is -0.130. The van der Waals surface area contributed by atoms with Crippen LogP contribution < -0.4 is 9.47 Å². The molecule has 4 aromatic carbocycles. The van der Waals surface area contributed by atoms with Gasteiger partial charge < -0.3 is 9.47 Å². The fourth-order valence-electron chi connectivity index (χ4n) is 5.64. The van der Waals surface area contributed by atoms with E-state index < -0.39 is 0 Å². The van der Waals surface area contributed by atoms with Gasteiger partial charge in [-0.3, -0.25) is 0 Å². The first-order valence-corrected chi connectivity index (χ1v) is 13.7. The largest absolute Gasteiger partial charge is 0.497 e. The molecule has 0 saturated carbocycles. The normalized spacial score (nSPS) is 15.5. The van der Waals surface area contributed by atoms with Crippen molar-refractivity contribution in [2.24, 2.45) is 0 Å². The highest BCUT2D eigenvalue weighted by Crippen LogP contribution is 2.45. The molecule has 0 aliphatic heterocycles. The van der Waals surface area contributed by atoms with E-state index in [2.05, 4.69) is 114 Å². The summed E-state index contributed by atoms with van der Waals surface area (Å²) >= 11 is 0. The van der Waals surface area contributed by atoms with Crippen LogP contribution in [0.1, 0.15) is 75.3 Å². The Balaban J connectivity index is 1.67. The lowest BCUT2D eigenvalue weighted by atomic mass is 9.76. The molecule has 0 N–H and O–H groups in total. The smallest absolute Gasteiger partial charge is 0.340 e. The predicted octanol–water partition coefficient (Wildman–Crippen LogP) is 8.66. The first-order valence-electron chi connectivity index (χ1n) is 13.7. The first-order chi connectivity index (χ1) is 18.5. The summed E-state index contributed by atoms with van der Waals surface area (Å²) in [6.45, 7) is 12.8. The summed E-state index contributed by atoms with van der Waals surface area (Å²) in [6.07, 6.45) is 2.76. The highest BCUT2D eigenvalue weighted by atomic mass is 16.5. The minimum Gasteiger partial charge on any atom is -0.497 e. The lowest BCUT2D eigenvalue weighted by Crippen LogP contribution is -2.26. The molecule has 1 aliphatic carbocycles. The second kappa shape index (κ2) is 10.0. The summed E-state index contributed by atoms with van der Waals surface area (Å²) in [5.74, 6) is 0.882. The Morgan fingerprint density at radius 1 is 0.769 bits per heavy atom. The quantitative estimate of drug-likeness (QED) is 0.200. The van der Waals surface area contributed by atoms with Gasteiger partial charge in [-0.05, 0) is 56.8 Å². The van der Waals surface area contributed by atoms with Crippen LogP contribution >= 0.6 is 0 Å². The van der Waals surface area contributed by atoms with Gasteiger partial charge in [0.15, 0.2) is 0 Å². The van der Waals surface area contributed by atoms with Crippen molar-refractivity contribution in [1.82, 2.24) is 0 Å². The molecule has 5 rings (SSSR count). The topological polar surface area (TPSA) is 35.5 Å². The number of benzene rings is 4. The molecule has 1 aliphatic rings. The molecule has 0 aromatic heterocycles. The van der Waals surface area contributed by atoms with Crippen molar-refractivity contribution in [3.05, 3.63) is 118 Å². The van der Waals surface area contributed by atoms with E-state index >= 15 is 0 Å². The number of methoxy groups -OCH3 is 1. The molecule has 0 radical (unpaired) electrons. The third-order valence-corrected chi connectivity index (χ3v) is 7.70. The Hall–Kier alpha value is -3.85. The van der Waals surface area contributed by atoms with Gasteiger partial charge >= 0.3 is 5.97 Å². The van der Waals surface area contributed by atoms with Crippen LogP contribution in [-0.2, 0) is 22.0 Å². The number of carbonyl (C=O) groups excluding carboxylic acids is 1. The van der Waals surface area contributed by atoms with Gasteiger partial charge in [0.1, 0.15) is 11.5 Å². The molecule has 3 heteroatoms. The minimum absolute atomic E-state index is 0.219. The van der Waals surface area contributed by atoms with Crippen LogP contribution in [0, 0.1) is 0 Å². The average molecular weight is 519 g/mol. The number of carbonyl (C=O) groups is 1. The van der Waals surface area contributed by atoms with E-state index in [1.165, 1.54) is 5.56 Å². The van der Waals surface area contributed by atoms with Gasteiger partial charge in [-0.25, -0.2) is 4.79 Å². The number of fused-ring (bicyclic) bond motifs is 2. The molecule has 0 fully saturated rings. The molecule has 3 nitrogen and oxygen atoms in total. The van der Waals surface area contributed by atoms with E-state index in [1.807, 2.05) is 12.1 Å². The zero-order valence-corrected chi connectivity index (χ0v) is 24.1. The van der Waals surface area contributed by atoms with Crippen molar-refractivity contribution in [2.45, 2.75) is 64.7 Å². The number of ether oxygens (including phenoxy) is 2. The van der Waals surface area contributed by atoms with Crippen LogP contribution in [0.25, 0.3) is 10.8 Å². The maximum Gasteiger partial charge on any atom is 0.340 e. The van der Waals surface area contributed by atoms with E-state index in [0.717, 1.165) is 38.8 Å². The molecule has 200 valence electrons. The minimum atomic E-state index is -0.302. The highest BCUT2D eigenvalue weighted by Gasteiger charge is 2.34. The van der Waals surface area contributed by atoms with Crippen molar-refractivity contribution < 1.29 is 14.3 Å². The Kier molecular flexibility index (Phi) is 6.88. The fraction of sp³-hybridized carbons (Fsp3) is 0.306. The Labute approximate surface area is 232 Å². The zero-order chi connectivity index (χ0) is 27.9. The van der Waals surface area contributed by atoms with Gasteiger partial charge in [-0.15, -0.1) is 0 Å². The van der Waals surface area contributed by atoms with Gasteiger partial charge in [0.25, 0.3) is 0 Å². The summed E-state index contributed by atoms with van der Waals surface area (Å²) in [5.41, 5.74) is 5.59. The maximum atomic E-state index is 14.3. The summed E-state index contributed by atoms with van der Waals surface area (Å²) in [6, 6.07) is 27.2. The molecular formula is C36H38O3. The summed E-state index contributed by atoms with van der Waals surface area (Å²) in [4.78, 5) is 14.3. The van der Waals surface area contributed by atoms with Crippen LogP contribution in [0.3, 0.4) is 0 Å². The van der Waals surface area contributed by atoms with Crippen molar-refractivity contribution >= 4 is 16.7 Å². The number of esters is 1. The van der Waals surface area contributed by atoms with Gasteiger partial charge in [0.2, 0.25) is 0 Å². The second-order valence-electron chi connectivity index (χ2n) is 12.5. The van der Waals surface area contributed by atoms with Crippen molar-refractivity contribution in [3.8, 4) is 11.5 Å². The third-order valence-electron chi connectivity index (χ3n) is 7.70. The van der Waals surface area contributed by atoms with Crippen LogP contribution in [-0.4, -0.2) is 13.1 Å². The molecule has 0 amide bonds. The molecule has 4 aromatic rings. The molecular weight excluding hydrogens is 480 g/mol. The molecule has 0 unspecified atom stereocenters. The Morgan fingerprint density at radius 3 is 2.03 bits per heavy atom. The van der Waals surface area contributed by atoms with Crippen LogP contribution in [0.2, 0.25) is 0 Å². The van der Waals surface area contributed by atoms with Crippen molar-refractivity contribution in [3.63, 3.8) is 0 Å². The van der Waals surface area contributed by atoms with Gasteiger partial charge in [-0.1, -0.05) is 114 Å². The molecule has 0 bridgehead atoms. The number of rotatable bonds is 4. The zero-order valence-electron chi connectivity index (χ0n) is 24.1. The van der Waals surface area contributed by atoms with Gasteiger partial charge in [-0.2, -0.15) is 0 Å². The third kappa shape index (κ3) is 5.11. The fourth-order valence-corrected chi connectivity index (χ4v) is 5.64. The monoisotopic (exact) mass is 518 g/mol. The Morgan fingerprint density at radius 2 is 1.36 bits per heavy atom. The second-order valence-corrected chi connectivity index (χ2v) is 12.5. The Bertz CT molecular complexity index is 1540. The maximum absolute atomic E-state index is 14.3. The van der Waals surface area contributed by atoms with Crippen LogP contribution in [0.4, 0.5) is 0 Å². The van der Waals surface area contributed by atoms with Crippen molar-refractivity contribution in [1.29, 1.82) is 0 Å². The van der Waals surface area contributed by atoms with Gasteiger partial charge in [0, 0.05) is 22.6 Å². The molecule has 1 atom stereocenters.